The van der Waals surface area contributed by atoms with Crippen LogP contribution in [-0.4, -0.2) is 16.1 Å². The third kappa shape index (κ3) is 1.97. The number of benzene rings is 1. The molecule has 0 bridgehead atoms. The van der Waals surface area contributed by atoms with Crippen molar-refractivity contribution in [2.45, 2.75) is 12.8 Å². The molecule has 2 rings (SSSR count). The Kier molecular flexibility index (Phi) is 2.64. The highest BCUT2D eigenvalue weighted by Gasteiger charge is 2.10. The smallest absolute Gasteiger partial charge is 0.303 e. The molecule has 78 valence electrons. The number of carboxylic acids is 1. The second-order valence-electron chi connectivity index (χ2n) is 3.36. The van der Waals surface area contributed by atoms with E-state index in [1.54, 1.807) is 0 Å². The van der Waals surface area contributed by atoms with Gasteiger partial charge in [-0.1, -0.05) is 29.8 Å². The second-order valence-corrected chi connectivity index (χ2v) is 3.73. The number of hydrogen-bond acceptors (Lipinski definition) is 1. The van der Waals surface area contributed by atoms with Crippen LogP contribution in [0.5, 0.6) is 0 Å². The van der Waals surface area contributed by atoms with Gasteiger partial charge in [-0.2, -0.15) is 0 Å². The molecular formula is C11H10ClNO2. The van der Waals surface area contributed by atoms with Crippen LogP contribution in [0.25, 0.3) is 10.9 Å². The van der Waals surface area contributed by atoms with E-state index in [4.69, 9.17) is 16.7 Å². The first-order valence-electron chi connectivity index (χ1n) is 4.65. The number of carbonyl (C=O) groups is 1. The number of aliphatic carboxylic acids is 1. The van der Waals surface area contributed by atoms with Gasteiger partial charge in [0.25, 0.3) is 0 Å². The molecule has 0 aliphatic rings. The summed E-state index contributed by atoms with van der Waals surface area (Å²) in [5.41, 5.74) is 1.83. The molecule has 0 saturated heterocycles. The molecule has 2 N–H and O–H groups in total. The highest BCUT2D eigenvalue weighted by Crippen LogP contribution is 2.26. The van der Waals surface area contributed by atoms with E-state index >= 15 is 0 Å². The lowest BCUT2D eigenvalue weighted by Crippen LogP contribution is -1.97. The first-order valence-corrected chi connectivity index (χ1v) is 5.03. The van der Waals surface area contributed by atoms with Gasteiger partial charge in [0.1, 0.15) is 5.15 Å². The Morgan fingerprint density at radius 2 is 2.13 bits per heavy atom. The summed E-state index contributed by atoms with van der Waals surface area (Å²) in [6.07, 6.45) is 0.555. The highest BCUT2D eigenvalue weighted by molar-refractivity contribution is 6.31. The molecule has 0 aliphatic heterocycles. The zero-order valence-corrected chi connectivity index (χ0v) is 8.71. The van der Waals surface area contributed by atoms with Crippen molar-refractivity contribution >= 4 is 28.5 Å². The second kappa shape index (κ2) is 3.95. The van der Waals surface area contributed by atoms with Gasteiger partial charge in [0.2, 0.25) is 0 Å². The molecule has 2 aromatic rings. The molecule has 3 nitrogen and oxygen atoms in total. The number of nitrogens with one attached hydrogen (secondary N) is 1. The van der Waals surface area contributed by atoms with Crippen LogP contribution in [0.4, 0.5) is 0 Å². The van der Waals surface area contributed by atoms with Crippen LogP contribution < -0.4 is 0 Å². The quantitative estimate of drug-likeness (QED) is 0.841. The number of fused-ring (bicyclic) bond motifs is 1. The molecule has 4 heteroatoms. The van der Waals surface area contributed by atoms with E-state index in [9.17, 15) is 4.79 Å². The van der Waals surface area contributed by atoms with Crippen LogP contribution in [0.3, 0.4) is 0 Å². The summed E-state index contributed by atoms with van der Waals surface area (Å²) in [7, 11) is 0. The largest absolute Gasteiger partial charge is 0.481 e. The van der Waals surface area contributed by atoms with Crippen LogP contribution in [0.2, 0.25) is 5.15 Å². The van der Waals surface area contributed by atoms with Gasteiger partial charge in [0.15, 0.2) is 0 Å². The summed E-state index contributed by atoms with van der Waals surface area (Å²) in [5.74, 6) is -0.809. The number of rotatable bonds is 3. The van der Waals surface area contributed by atoms with Gasteiger partial charge >= 0.3 is 5.97 Å². The van der Waals surface area contributed by atoms with Gasteiger partial charge in [-0.05, 0) is 18.1 Å². The van der Waals surface area contributed by atoms with Crippen LogP contribution in [0, 0.1) is 0 Å². The van der Waals surface area contributed by atoms with Gasteiger partial charge in [-0.15, -0.1) is 0 Å². The zero-order chi connectivity index (χ0) is 10.8. The van der Waals surface area contributed by atoms with Gasteiger partial charge in [-0.3, -0.25) is 4.79 Å². The number of halogens is 1. The molecular weight excluding hydrogens is 214 g/mol. The van der Waals surface area contributed by atoms with E-state index in [0.29, 0.717) is 11.6 Å². The molecule has 0 aliphatic carbocycles. The molecule has 1 aromatic carbocycles. The molecule has 1 aromatic heterocycles. The predicted molar refractivity (Wildman–Crippen MR) is 59.3 cm³/mol. The van der Waals surface area contributed by atoms with Gasteiger partial charge in [0, 0.05) is 17.3 Å². The van der Waals surface area contributed by atoms with Crippen molar-refractivity contribution in [2.24, 2.45) is 0 Å². The number of carboxylic acid groups (broad SMARTS) is 1. The van der Waals surface area contributed by atoms with Crippen molar-refractivity contribution in [3.8, 4) is 0 Å². The van der Waals surface area contributed by atoms with Crippen LogP contribution in [0.15, 0.2) is 24.3 Å². The number of aryl methyl sites for hydroxylation is 1. The van der Waals surface area contributed by atoms with E-state index in [2.05, 4.69) is 4.98 Å². The number of aromatic nitrogens is 1. The lowest BCUT2D eigenvalue weighted by atomic mass is 10.1. The third-order valence-electron chi connectivity index (χ3n) is 2.35. The molecule has 1 heterocycles. The third-order valence-corrected chi connectivity index (χ3v) is 2.67. The molecule has 0 atom stereocenters. The Morgan fingerprint density at radius 3 is 2.87 bits per heavy atom. The first kappa shape index (κ1) is 10.1. The van der Waals surface area contributed by atoms with Gasteiger partial charge in [0.05, 0.1) is 0 Å². The number of para-hydroxylation sites is 1. The summed E-state index contributed by atoms with van der Waals surface area (Å²) in [4.78, 5) is 13.5. The Hall–Kier alpha value is -1.48. The standard InChI is InChI=1S/C11H10ClNO2/c12-11-8(5-6-10(14)15)7-3-1-2-4-9(7)13-11/h1-4,13H,5-6H2,(H,14,15). The Morgan fingerprint density at radius 1 is 1.40 bits per heavy atom. The van der Waals surface area contributed by atoms with Crippen molar-refractivity contribution in [3.05, 3.63) is 35.0 Å². The van der Waals surface area contributed by atoms with Gasteiger partial charge in [-0.25, -0.2) is 0 Å². The van der Waals surface area contributed by atoms with E-state index in [1.165, 1.54) is 0 Å². The maximum absolute atomic E-state index is 10.5. The van der Waals surface area contributed by atoms with E-state index in [1.807, 2.05) is 24.3 Å². The Bertz CT molecular complexity index is 504. The molecule has 0 spiro atoms. The topological polar surface area (TPSA) is 53.1 Å². The van der Waals surface area contributed by atoms with E-state index in [-0.39, 0.29) is 6.42 Å². The van der Waals surface area contributed by atoms with Crippen LogP contribution in [-0.2, 0) is 11.2 Å². The molecule has 0 fully saturated rings. The molecule has 15 heavy (non-hydrogen) atoms. The van der Waals surface area contributed by atoms with Crippen molar-refractivity contribution in [1.82, 2.24) is 4.98 Å². The average molecular weight is 224 g/mol. The SMILES string of the molecule is O=C(O)CCc1c(Cl)[nH]c2ccccc12. The minimum Gasteiger partial charge on any atom is -0.481 e. The van der Waals surface area contributed by atoms with Crippen molar-refractivity contribution in [2.75, 3.05) is 0 Å². The van der Waals surface area contributed by atoms with Crippen molar-refractivity contribution < 1.29 is 9.90 Å². The number of hydrogen-bond donors (Lipinski definition) is 2. The zero-order valence-electron chi connectivity index (χ0n) is 7.96. The van der Waals surface area contributed by atoms with Crippen molar-refractivity contribution in [3.63, 3.8) is 0 Å². The summed E-state index contributed by atoms with van der Waals surface area (Å²) < 4.78 is 0. The fraction of sp³-hybridized carbons (Fsp3) is 0.182. The Labute approximate surface area is 91.7 Å². The lowest BCUT2D eigenvalue weighted by molar-refractivity contribution is -0.136. The van der Waals surface area contributed by atoms with Gasteiger partial charge < -0.3 is 10.1 Å². The summed E-state index contributed by atoms with van der Waals surface area (Å²) >= 11 is 6.00. The molecule has 0 radical (unpaired) electrons. The maximum atomic E-state index is 10.5. The predicted octanol–water partition coefficient (Wildman–Crippen LogP) is 2.84. The van der Waals surface area contributed by atoms with E-state index in [0.717, 1.165) is 16.5 Å². The number of aromatic amines is 1. The molecule has 0 unspecified atom stereocenters. The number of H-pyrrole nitrogens is 1. The Balaban J connectivity index is 2.40. The first-order chi connectivity index (χ1) is 7.18. The fourth-order valence-corrected chi connectivity index (χ4v) is 1.94. The van der Waals surface area contributed by atoms with Crippen LogP contribution >= 0.6 is 11.6 Å². The highest BCUT2D eigenvalue weighted by atomic mass is 35.5. The lowest BCUT2D eigenvalue weighted by Gasteiger charge is -1.96. The minimum atomic E-state index is -0.809. The molecule has 0 amide bonds. The summed E-state index contributed by atoms with van der Waals surface area (Å²) in [5, 5.41) is 10.2. The normalized spacial score (nSPS) is 10.7. The molecule has 0 saturated carbocycles. The van der Waals surface area contributed by atoms with Crippen molar-refractivity contribution in [1.29, 1.82) is 0 Å². The summed E-state index contributed by atoms with van der Waals surface area (Å²) in [6.45, 7) is 0. The van der Waals surface area contributed by atoms with E-state index < -0.39 is 5.97 Å². The summed E-state index contributed by atoms with van der Waals surface area (Å²) in [6, 6.07) is 7.69. The monoisotopic (exact) mass is 223 g/mol. The fourth-order valence-electron chi connectivity index (χ4n) is 1.64. The average Bonchev–Trinajstić information content (AvgIpc) is 2.50. The maximum Gasteiger partial charge on any atom is 0.303 e. The minimum absolute atomic E-state index is 0.0988. The van der Waals surface area contributed by atoms with Crippen LogP contribution in [0.1, 0.15) is 12.0 Å².